The summed E-state index contributed by atoms with van der Waals surface area (Å²) < 4.78 is 0. The van der Waals surface area contributed by atoms with Gasteiger partial charge in [-0.05, 0) is 24.3 Å². The monoisotopic (exact) mass is 328 g/mol. The Labute approximate surface area is 137 Å². The number of aromatic nitrogens is 2. The van der Waals surface area contributed by atoms with E-state index in [9.17, 15) is 0 Å². The van der Waals surface area contributed by atoms with Gasteiger partial charge in [-0.15, -0.1) is 0 Å². The lowest BCUT2D eigenvalue weighted by molar-refractivity contribution is 1.11. The highest BCUT2D eigenvalue weighted by atomic mass is 35.5. The molecule has 1 N–H and O–H groups in total. The van der Waals surface area contributed by atoms with Crippen molar-refractivity contribution in [1.29, 1.82) is 0 Å². The molecule has 0 fully saturated rings. The number of hydrogen-bond acceptors (Lipinski definition) is 4. The minimum absolute atomic E-state index is 0.181. The van der Waals surface area contributed by atoms with Gasteiger partial charge in [0, 0.05) is 5.69 Å². The van der Waals surface area contributed by atoms with Crippen molar-refractivity contribution in [2.45, 2.75) is 0 Å². The fourth-order valence-electron chi connectivity index (χ4n) is 2.48. The summed E-state index contributed by atoms with van der Waals surface area (Å²) in [5.41, 5.74) is 2.89. The molecule has 0 aliphatic carbocycles. The number of halogens is 2. The summed E-state index contributed by atoms with van der Waals surface area (Å²) in [7, 11) is 0. The molecular formula is C16H10Cl2N4. The summed E-state index contributed by atoms with van der Waals surface area (Å²) in [5.74, 6) is 1.20. The van der Waals surface area contributed by atoms with Crippen molar-refractivity contribution in [3.8, 4) is 0 Å². The SMILES string of the molecule is Clc1nc2c(nc1Cl)N(c1ccccc1)c1ccccc1N2. The molecule has 1 aliphatic heterocycles. The highest BCUT2D eigenvalue weighted by Crippen LogP contribution is 2.46. The Morgan fingerprint density at radius 1 is 0.818 bits per heavy atom. The molecule has 0 unspecified atom stereocenters. The van der Waals surface area contributed by atoms with Gasteiger partial charge in [-0.3, -0.25) is 4.90 Å². The van der Waals surface area contributed by atoms with E-state index in [1.54, 1.807) is 0 Å². The zero-order valence-corrected chi connectivity index (χ0v) is 12.8. The Balaban J connectivity index is 1.99. The van der Waals surface area contributed by atoms with Crippen LogP contribution in [0.1, 0.15) is 0 Å². The average molecular weight is 329 g/mol. The molecule has 0 spiro atoms. The third-order valence-corrected chi connectivity index (χ3v) is 4.04. The first-order chi connectivity index (χ1) is 10.7. The van der Waals surface area contributed by atoms with E-state index < -0.39 is 0 Å². The number of anilines is 5. The van der Waals surface area contributed by atoms with Gasteiger partial charge in [-0.1, -0.05) is 53.5 Å². The van der Waals surface area contributed by atoms with Crippen LogP contribution in [0.2, 0.25) is 10.3 Å². The topological polar surface area (TPSA) is 41.1 Å². The third-order valence-electron chi connectivity index (χ3n) is 3.42. The Morgan fingerprint density at radius 2 is 1.50 bits per heavy atom. The molecule has 0 saturated carbocycles. The molecule has 0 amide bonds. The van der Waals surface area contributed by atoms with Gasteiger partial charge in [-0.25, -0.2) is 9.97 Å². The van der Waals surface area contributed by atoms with Gasteiger partial charge in [-0.2, -0.15) is 0 Å². The van der Waals surface area contributed by atoms with Crippen LogP contribution in [-0.4, -0.2) is 9.97 Å². The van der Waals surface area contributed by atoms with Crippen LogP contribution in [0.25, 0.3) is 0 Å². The number of rotatable bonds is 1. The van der Waals surface area contributed by atoms with Crippen LogP contribution in [0.5, 0.6) is 0 Å². The second-order valence-electron chi connectivity index (χ2n) is 4.79. The fraction of sp³-hybridized carbons (Fsp3) is 0. The van der Waals surface area contributed by atoms with E-state index in [1.165, 1.54) is 0 Å². The van der Waals surface area contributed by atoms with E-state index in [-0.39, 0.29) is 10.3 Å². The molecule has 4 nitrogen and oxygen atoms in total. The fourth-order valence-corrected chi connectivity index (χ4v) is 2.73. The van der Waals surface area contributed by atoms with Gasteiger partial charge in [0.05, 0.1) is 11.4 Å². The van der Waals surface area contributed by atoms with Crippen molar-refractivity contribution in [2.75, 3.05) is 10.2 Å². The van der Waals surface area contributed by atoms with E-state index in [4.69, 9.17) is 23.2 Å². The maximum atomic E-state index is 6.07. The number of fused-ring (bicyclic) bond motifs is 2. The maximum Gasteiger partial charge on any atom is 0.182 e. The summed E-state index contributed by atoms with van der Waals surface area (Å²) in [4.78, 5) is 10.7. The molecule has 2 aromatic carbocycles. The molecule has 22 heavy (non-hydrogen) atoms. The zero-order chi connectivity index (χ0) is 15.1. The summed E-state index contributed by atoms with van der Waals surface area (Å²) in [6.07, 6.45) is 0. The molecule has 0 bridgehead atoms. The lowest BCUT2D eigenvalue weighted by atomic mass is 10.1. The van der Waals surface area contributed by atoms with Crippen LogP contribution in [0, 0.1) is 0 Å². The Bertz CT molecular complexity index is 852. The maximum absolute atomic E-state index is 6.07. The predicted molar refractivity (Wildman–Crippen MR) is 90.0 cm³/mol. The van der Waals surface area contributed by atoms with Gasteiger partial charge in [0.25, 0.3) is 0 Å². The number of hydrogen-bond donors (Lipinski definition) is 1. The van der Waals surface area contributed by atoms with Crippen LogP contribution in [-0.2, 0) is 0 Å². The highest BCUT2D eigenvalue weighted by molar-refractivity contribution is 6.40. The number of benzene rings is 2. The Hall–Kier alpha value is -2.30. The lowest BCUT2D eigenvalue weighted by Gasteiger charge is -2.32. The van der Waals surface area contributed by atoms with Crippen molar-refractivity contribution in [2.24, 2.45) is 0 Å². The summed E-state index contributed by atoms with van der Waals surface area (Å²) in [6, 6.07) is 17.9. The molecule has 0 atom stereocenters. The van der Waals surface area contributed by atoms with E-state index in [0.29, 0.717) is 11.6 Å². The standard InChI is InChI=1S/C16H10Cl2N4/c17-13-14(18)21-16-15(20-13)19-11-8-4-5-9-12(11)22(16)10-6-2-1-3-7-10/h1-9H,(H,19,20). The summed E-state index contributed by atoms with van der Waals surface area (Å²) in [5, 5.41) is 3.61. The van der Waals surface area contributed by atoms with Crippen LogP contribution in [0.4, 0.5) is 28.7 Å². The molecule has 0 saturated heterocycles. The van der Waals surface area contributed by atoms with Crippen molar-refractivity contribution in [3.05, 3.63) is 64.9 Å². The van der Waals surface area contributed by atoms with Gasteiger partial charge in [0.15, 0.2) is 21.9 Å². The van der Waals surface area contributed by atoms with Crippen LogP contribution < -0.4 is 10.2 Å². The zero-order valence-electron chi connectivity index (χ0n) is 11.3. The molecule has 0 radical (unpaired) electrons. The molecule has 108 valence electrons. The minimum Gasteiger partial charge on any atom is -0.335 e. The number of nitrogens with zero attached hydrogens (tertiary/aromatic N) is 3. The molecule has 1 aromatic heterocycles. The van der Waals surface area contributed by atoms with E-state index in [1.807, 2.05) is 59.5 Å². The van der Waals surface area contributed by atoms with Crippen LogP contribution in [0.15, 0.2) is 54.6 Å². The van der Waals surface area contributed by atoms with Crippen LogP contribution >= 0.6 is 23.2 Å². The first-order valence-electron chi connectivity index (χ1n) is 6.68. The van der Waals surface area contributed by atoms with E-state index >= 15 is 0 Å². The van der Waals surface area contributed by atoms with Crippen molar-refractivity contribution in [3.63, 3.8) is 0 Å². The minimum atomic E-state index is 0.181. The molecular weight excluding hydrogens is 319 g/mol. The molecule has 1 aliphatic rings. The summed E-state index contributed by atoms with van der Waals surface area (Å²) >= 11 is 12.1. The third kappa shape index (κ3) is 2.08. The van der Waals surface area contributed by atoms with Crippen molar-refractivity contribution >= 4 is 51.9 Å². The van der Waals surface area contributed by atoms with Crippen molar-refractivity contribution < 1.29 is 0 Å². The van der Waals surface area contributed by atoms with Crippen molar-refractivity contribution in [1.82, 2.24) is 9.97 Å². The first kappa shape index (κ1) is 13.4. The van der Waals surface area contributed by atoms with Gasteiger partial charge < -0.3 is 5.32 Å². The first-order valence-corrected chi connectivity index (χ1v) is 7.44. The summed E-state index contributed by atoms with van der Waals surface area (Å²) in [6.45, 7) is 0. The Morgan fingerprint density at radius 3 is 2.32 bits per heavy atom. The Kier molecular flexibility index (Phi) is 3.13. The number of nitrogens with one attached hydrogen (secondary N) is 1. The second-order valence-corrected chi connectivity index (χ2v) is 5.51. The molecule has 4 rings (SSSR count). The van der Waals surface area contributed by atoms with Crippen LogP contribution in [0.3, 0.4) is 0 Å². The van der Waals surface area contributed by atoms with E-state index in [0.717, 1.165) is 17.1 Å². The predicted octanol–water partition coefficient (Wildman–Crippen LogP) is 5.31. The normalized spacial score (nSPS) is 12.4. The quantitative estimate of drug-likeness (QED) is 0.514. The number of para-hydroxylation sites is 3. The highest BCUT2D eigenvalue weighted by Gasteiger charge is 2.27. The smallest absolute Gasteiger partial charge is 0.182 e. The molecule has 6 heteroatoms. The molecule has 3 aromatic rings. The lowest BCUT2D eigenvalue weighted by Crippen LogP contribution is -2.20. The van der Waals surface area contributed by atoms with Gasteiger partial charge in [0.1, 0.15) is 0 Å². The molecule has 2 heterocycles. The largest absolute Gasteiger partial charge is 0.335 e. The van der Waals surface area contributed by atoms with E-state index in [2.05, 4.69) is 15.3 Å². The average Bonchev–Trinajstić information content (AvgIpc) is 2.55. The van der Waals surface area contributed by atoms with Gasteiger partial charge >= 0.3 is 0 Å². The van der Waals surface area contributed by atoms with Gasteiger partial charge in [0.2, 0.25) is 0 Å². The second kappa shape index (κ2) is 5.16.